The lowest BCUT2D eigenvalue weighted by Crippen LogP contribution is -2.45. The van der Waals surface area contributed by atoms with E-state index in [0.29, 0.717) is 17.6 Å². The molecule has 0 aliphatic rings. The van der Waals surface area contributed by atoms with Gasteiger partial charge in [0.15, 0.2) is 0 Å². The number of rotatable bonds is 6. The summed E-state index contributed by atoms with van der Waals surface area (Å²) in [5, 5.41) is 0. The summed E-state index contributed by atoms with van der Waals surface area (Å²) in [6.45, 7) is 3.10. The summed E-state index contributed by atoms with van der Waals surface area (Å²) >= 11 is 0. The Morgan fingerprint density at radius 2 is 1.85 bits per heavy atom. The quantitative estimate of drug-likeness (QED) is 0.803. The van der Waals surface area contributed by atoms with E-state index in [-0.39, 0.29) is 6.54 Å². The van der Waals surface area contributed by atoms with Crippen LogP contribution >= 0.6 is 0 Å². The molecule has 1 aromatic carbocycles. The van der Waals surface area contributed by atoms with Crippen LogP contribution in [0.2, 0.25) is 0 Å². The van der Waals surface area contributed by atoms with Crippen LogP contribution in [-0.2, 0) is 27.5 Å². The summed E-state index contributed by atoms with van der Waals surface area (Å²) < 4.78 is 71.4. The molecule has 6 nitrogen and oxygen atoms in total. The van der Waals surface area contributed by atoms with Gasteiger partial charge in [-0.2, -0.15) is 17.9 Å². The average molecular weight is 404 g/mol. The number of aryl methyl sites for hydroxylation is 1. The van der Waals surface area contributed by atoms with Gasteiger partial charge in [0.1, 0.15) is 11.5 Å². The molecular weight excluding hydrogens is 385 g/mol. The fourth-order valence-corrected chi connectivity index (χ4v) is 3.92. The van der Waals surface area contributed by atoms with Gasteiger partial charge in [-0.1, -0.05) is 12.1 Å². The molecule has 1 N–H and O–H groups in total. The number of halogens is 3. The summed E-state index contributed by atoms with van der Waals surface area (Å²) in [4.78, 5) is 12.7. The Morgan fingerprint density at radius 1 is 1.22 bits per heavy atom. The van der Waals surface area contributed by atoms with Crippen molar-refractivity contribution in [3.05, 3.63) is 53.5 Å². The Bertz CT molecular complexity index is 922. The van der Waals surface area contributed by atoms with Crippen LogP contribution in [0.1, 0.15) is 24.0 Å². The van der Waals surface area contributed by atoms with Crippen LogP contribution in [-0.4, -0.2) is 32.3 Å². The van der Waals surface area contributed by atoms with Gasteiger partial charge in [0, 0.05) is 7.05 Å². The number of likely N-dealkylation sites (N-methyl/N-ethyl adjacent to an activating group) is 1. The number of nitrogens with one attached hydrogen (secondary N) is 1. The number of carbonyl (C=O) groups excluding carboxylic acids is 1. The minimum atomic E-state index is -4.84. The number of hydrogen-bond acceptors (Lipinski definition) is 4. The topological polar surface area (TPSA) is 79.6 Å². The van der Waals surface area contributed by atoms with Crippen molar-refractivity contribution in [3.8, 4) is 0 Å². The molecule has 1 heterocycles. The molecule has 0 saturated heterocycles. The maximum absolute atomic E-state index is 13.1. The summed E-state index contributed by atoms with van der Waals surface area (Å²) in [5.41, 5.74) is -1.29. The first-order chi connectivity index (χ1) is 12.4. The van der Waals surface area contributed by atoms with Crippen molar-refractivity contribution < 1.29 is 30.8 Å². The molecule has 0 fully saturated rings. The summed E-state index contributed by atoms with van der Waals surface area (Å²) in [6, 6.07) is 5.92. The van der Waals surface area contributed by atoms with E-state index in [4.69, 9.17) is 4.42 Å². The average Bonchev–Trinajstić information content (AvgIpc) is 2.97. The predicted octanol–water partition coefficient (Wildman–Crippen LogP) is 2.93. The number of nitrogens with zero attached hydrogens (tertiary/aromatic N) is 1. The van der Waals surface area contributed by atoms with Crippen molar-refractivity contribution in [2.45, 2.75) is 37.5 Å². The minimum Gasteiger partial charge on any atom is -0.464 e. The van der Waals surface area contributed by atoms with Crippen LogP contribution in [0.5, 0.6) is 0 Å². The number of sulfonamides is 1. The molecule has 0 aliphatic heterocycles. The van der Waals surface area contributed by atoms with E-state index >= 15 is 0 Å². The second-order valence-electron chi connectivity index (χ2n) is 6.04. The van der Waals surface area contributed by atoms with Crippen LogP contribution in [0.15, 0.2) is 45.7 Å². The highest BCUT2D eigenvalue weighted by atomic mass is 32.2. The maximum atomic E-state index is 13.1. The lowest BCUT2D eigenvalue weighted by molar-refractivity contribution is -0.139. The number of hydrogen-bond donors (Lipinski definition) is 1. The number of carbonyl (C=O) groups is 1. The minimum absolute atomic E-state index is 0.0951. The molecule has 1 atom stereocenters. The summed E-state index contributed by atoms with van der Waals surface area (Å²) in [5.74, 6) is 0.543. The van der Waals surface area contributed by atoms with E-state index in [1.165, 1.54) is 24.9 Å². The monoisotopic (exact) mass is 404 g/mol. The van der Waals surface area contributed by atoms with Gasteiger partial charge >= 0.3 is 6.18 Å². The lowest BCUT2D eigenvalue weighted by Gasteiger charge is -2.22. The van der Waals surface area contributed by atoms with Gasteiger partial charge in [-0.15, -0.1) is 0 Å². The Hall–Kier alpha value is -2.33. The zero-order valence-corrected chi connectivity index (χ0v) is 15.7. The van der Waals surface area contributed by atoms with E-state index in [1.807, 2.05) is 4.72 Å². The Labute approximate surface area is 155 Å². The van der Waals surface area contributed by atoms with E-state index in [9.17, 15) is 26.4 Å². The van der Waals surface area contributed by atoms with Crippen molar-refractivity contribution in [3.63, 3.8) is 0 Å². The molecule has 0 aliphatic carbocycles. The largest absolute Gasteiger partial charge is 0.464 e. The predicted molar refractivity (Wildman–Crippen MR) is 91.1 cm³/mol. The van der Waals surface area contributed by atoms with Gasteiger partial charge in [-0.3, -0.25) is 4.79 Å². The molecule has 2 rings (SSSR count). The molecule has 27 heavy (non-hydrogen) atoms. The van der Waals surface area contributed by atoms with E-state index < -0.39 is 38.6 Å². The first-order valence-electron chi connectivity index (χ1n) is 7.90. The van der Waals surface area contributed by atoms with Crippen molar-refractivity contribution in [2.75, 3.05) is 7.05 Å². The van der Waals surface area contributed by atoms with Crippen molar-refractivity contribution >= 4 is 15.9 Å². The Morgan fingerprint density at radius 3 is 2.41 bits per heavy atom. The fourth-order valence-electron chi connectivity index (χ4n) is 2.49. The molecule has 1 amide bonds. The lowest BCUT2D eigenvalue weighted by atomic mass is 10.2. The normalized spacial score (nSPS) is 13.4. The van der Waals surface area contributed by atoms with Gasteiger partial charge in [0.2, 0.25) is 15.9 Å². The third kappa shape index (κ3) is 5.10. The molecule has 1 unspecified atom stereocenters. The van der Waals surface area contributed by atoms with Crippen LogP contribution in [0.3, 0.4) is 0 Å². The first kappa shape index (κ1) is 21.0. The highest BCUT2D eigenvalue weighted by molar-refractivity contribution is 7.89. The molecule has 148 valence electrons. The van der Waals surface area contributed by atoms with Gasteiger partial charge in [-0.25, -0.2) is 8.42 Å². The molecule has 0 saturated carbocycles. The molecule has 1 aromatic heterocycles. The molecule has 0 radical (unpaired) electrons. The standard InChI is InChI=1S/C17H19F3N2O4S/c1-11-8-9-13(26-11)10-22(3)16(23)12(2)21-27(24,25)15-7-5-4-6-14(15)17(18,19)20/h4-9,12,21H,10H2,1-3H3. The number of benzene rings is 1. The third-order valence-electron chi connectivity index (χ3n) is 3.75. The van der Waals surface area contributed by atoms with Crippen molar-refractivity contribution in [1.29, 1.82) is 0 Å². The second kappa shape index (κ2) is 7.73. The smallest absolute Gasteiger partial charge is 0.417 e. The molecule has 10 heteroatoms. The van der Waals surface area contributed by atoms with E-state index in [2.05, 4.69) is 0 Å². The fraction of sp³-hybridized carbons (Fsp3) is 0.353. The van der Waals surface area contributed by atoms with Crippen molar-refractivity contribution in [1.82, 2.24) is 9.62 Å². The first-order valence-corrected chi connectivity index (χ1v) is 9.39. The molecule has 0 bridgehead atoms. The van der Waals surface area contributed by atoms with Crippen LogP contribution in [0.4, 0.5) is 13.2 Å². The van der Waals surface area contributed by atoms with E-state index in [1.54, 1.807) is 19.1 Å². The molecular formula is C17H19F3N2O4S. The van der Waals surface area contributed by atoms with Gasteiger partial charge in [0.05, 0.1) is 23.0 Å². The molecule has 2 aromatic rings. The zero-order valence-electron chi connectivity index (χ0n) is 14.9. The van der Waals surface area contributed by atoms with Gasteiger partial charge < -0.3 is 9.32 Å². The second-order valence-corrected chi connectivity index (χ2v) is 7.73. The Balaban J connectivity index is 2.16. The Kier molecular flexibility index (Phi) is 6.01. The number of alkyl halides is 3. The zero-order chi connectivity index (χ0) is 20.4. The maximum Gasteiger partial charge on any atom is 0.417 e. The summed E-state index contributed by atoms with van der Waals surface area (Å²) in [6.07, 6.45) is -4.84. The number of amides is 1. The highest BCUT2D eigenvalue weighted by Crippen LogP contribution is 2.33. The van der Waals surface area contributed by atoms with Crippen molar-refractivity contribution in [2.24, 2.45) is 0 Å². The molecule has 0 spiro atoms. The third-order valence-corrected chi connectivity index (χ3v) is 5.35. The highest BCUT2D eigenvalue weighted by Gasteiger charge is 2.37. The number of furan rings is 1. The van der Waals surface area contributed by atoms with Gasteiger partial charge in [-0.05, 0) is 38.1 Å². The summed E-state index contributed by atoms with van der Waals surface area (Å²) in [7, 11) is -3.12. The van der Waals surface area contributed by atoms with E-state index in [0.717, 1.165) is 12.1 Å². The van der Waals surface area contributed by atoms with Crippen LogP contribution < -0.4 is 4.72 Å². The van der Waals surface area contributed by atoms with Crippen LogP contribution in [0.25, 0.3) is 0 Å². The SMILES string of the molecule is Cc1ccc(CN(C)C(=O)C(C)NS(=O)(=O)c2ccccc2C(F)(F)F)o1. The van der Waals surface area contributed by atoms with Crippen LogP contribution in [0, 0.1) is 6.92 Å². The van der Waals surface area contributed by atoms with Gasteiger partial charge in [0.25, 0.3) is 0 Å².